The predicted octanol–water partition coefficient (Wildman–Crippen LogP) is 4.27. The molecule has 1 atom stereocenters. The smallest absolute Gasteiger partial charge is 0.490 e. The summed E-state index contributed by atoms with van der Waals surface area (Å²) in [5.41, 5.74) is 10.5. The first-order valence-electron chi connectivity index (χ1n) is 11.6. The van der Waals surface area contributed by atoms with Crippen molar-refractivity contribution >= 4 is 40.3 Å². The van der Waals surface area contributed by atoms with Crippen LogP contribution in [0.4, 0.5) is 19.0 Å². The van der Waals surface area contributed by atoms with E-state index in [1.165, 1.54) is 6.33 Å². The van der Waals surface area contributed by atoms with Crippen molar-refractivity contribution in [2.24, 2.45) is 0 Å². The molecular weight excluding hydrogens is 529 g/mol. The number of hydrogen-bond acceptors (Lipinski definition) is 7. The van der Waals surface area contributed by atoms with Crippen LogP contribution in [0.5, 0.6) is 5.75 Å². The van der Waals surface area contributed by atoms with Gasteiger partial charge in [-0.1, -0.05) is 18.5 Å². The van der Waals surface area contributed by atoms with Crippen LogP contribution in [0.15, 0.2) is 12.4 Å². The van der Waals surface area contributed by atoms with Gasteiger partial charge in [-0.15, -0.1) is 0 Å². The molecule has 3 N–H and O–H groups in total. The molecule has 1 fully saturated rings. The number of carboxylic acids is 1. The molecule has 0 radical (unpaired) electrons. The minimum absolute atomic E-state index is 0.166. The fourth-order valence-corrected chi connectivity index (χ4v) is 4.67. The molecule has 1 saturated heterocycles. The number of nitrogens with zero attached hydrogens (tertiary/aromatic N) is 5. The van der Waals surface area contributed by atoms with Gasteiger partial charge in [-0.05, 0) is 32.4 Å². The van der Waals surface area contributed by atoms with Crippen molar-refractivity contribution in [2.75, 3.05) is 25.9 Å². The number of fused-ring (bicyclic) bond motifs is 1. The van der Waals surface area contributed by atoms with Crippen LogP contribution in [0.25, 0.3) is 11.0 Å². The number of nitrogen functional groups attached to an aromatic ring is 1. The molecule has 0 aliphatic carbocycles. The highest BCUT2D eigenvalue weighted by Crippen LogP contribution is 2.44. The fraction of sp³-hybridized carbons (Fsp3) is 0.458. The number of aliphatic carboxylic acids is 1. The lowest BCUT2D eigenvalue weighted by atomic mass is 9.85. The van der Waals surface area contributed by atoms with Gasteiger partial charge in [0, 0.05) is 41.6 Å². The van der Waals surface area contributed by atoms with Crippen LogP contribution in [0.1, 0.15) is 54.6 Å². The topological polar surface area (TPSA) is 136 Å². The van der Waals surface area contributed by atoms with Gasteiger partial charge in [0.2, 0.25) is 5.91 Å². The van der Waals surface area contributed by atoms with Gasteiger partial charge in [0.1, 0.15) is 17.9 Å². The van der Waals surface area contributed by atoms with Crippen LogP contribution >= 0.6 is 11.6 Å². The van der Waals surface area contributed by atoms with E-state index in [0.29, 0.717) is 36.0 Å². The van der Waals surface area contributed by atoms with E-state index in [-0.39, 0.29) is 17.9 Å². The first-order chi connectivity index (χ1) is 17.7. The molecule has 2 aromatic heterocycles. The number of aromatic nitrogens is 4. The van der Waals surface area contributed by atoms with Gasteiger partial charge >= 0.3 is 12.1 Å². The Morgan fingerprint density at radius 2 is 1.89 bits per heavy atom. The summed E-state index contributed by atoms with van der Waals surface area (Å²) >= 11 is 6.67. The summed E-state index contributed by atoms with van der Waals surface area (Å²) in [4.78, 5) is 31.3. The number of anilines is 1. The monoisotopic (exact) mass is 556 g/mol. The summed E-state index contributed by atoms with van der Waals surface area (Å²) in [6.45, 7) is 9.15. The van der Waals surface area contributed by atoms with Gasteiger partial charge in [-0.2, -0.15) is 18.3 Å². The number of ether oxygens (including phenoxy) is 1. The zero-order valence-electron chi connectivity index (χ0n) is 21.4. The molecule has 1 aliphatic heterocycles. The standard InChI is InChI=1S/C22H27ClN6O2.C2HF3O2/c1-6-17(30)28-8-14(9-28)18-11(2)16(23)7-15(20(18)31-5)13(4)29-22-19(12(3)27-29)21(24)25-10-26-22;3-2(4,5)1(6)7/h7,10,13-14H,6,8-9H2,1-5H3,(H2,24,25,26);(H,6,7). The quantitative estimate of drug-likeness (QED) is 0.475. The molecular formula is C24H28ClF3N6O4. The first-order valence-corrected chi connectivity index (χ1v) is 12.0. The average Bonchev–Trinajstić information content (AvgIpc) is 3.17. The number of carbonyl (C=O) groups is 2. The SMILES string of the molecule is CCC(=O)N1CC(c2c(C)c(Cl)cc(C(C)n3nc(C)c4c(N)ncnc43)c2OC)C1.O=C(O)C(F)(F)F. The molecule has 0 bridgehead atoms. The van der Waals surface area contributed by atoms with E-state index in [2.05, 4.69) is 9.97 Å². The molecule has 1 aromatic carbocycles. The molecule has 0 saturated carbocycles. The van der Waals surface area contributed by atoms with E-state index in [0.717, 1.165) is 33.5 Å². The zero-order chi connectivity index (χ0) is 28.5. The second-order valence-corrected chi connectivity index (χ2v) is 9.24. The Bertz CT molecular complexity index is 1370. The van der Waals surface area contributed by atoms with E-state index in [9.17, 15) is 18.0 Å². The maximum atomic E-state index is 12.0. The number of alkyl halides is 3. The summed E-state index contributed by atoms with van der Waals surface area (Å²) in [5, 5.41) is 13.2. The molecule has 10 nitrogen and oxygen atoms in total. The summed E-state index contributed by atoms with van der Waals surface area (Å²) in [7, 11) is 1.67. The van der Waals surface area contributed by atoms with Crippen LogP contribution in [0.2, 0.25) is 5.02 Å². The molecule has 0 spiro atoms. The van der Waals surface area contributed by atoms with Crippen LogP contribution < -0.4 is 10.5 Å². The number of likely N-dealkylation sites (tertiary alicyclic amines) is 1. The van der Waals surface area contributed by atoms with E-state index in [1.807, 2.05) is 43.3 Å². The number of aryl methyl sites for hydroxylation is 1. The summed E-state index contributed by atoms with van der Waals surface area (Å²) in [6.07, 6.45) is -3.13. The fourth-order valence-electron chi connectivity index (χ4n) is 4.45. The maximum absolute atomic E-state index is 12.0. The average molecular weight is 557 g/mol. The van der Waals surface area contributed by atoms with E-state index < -0.39 is 12.1 Å². The Kier molecular flexibility index (Phi) is 8.39. The molecule has 14 heteroatoms. The Balaban J connectivity index is 0.000000505. The Morgan fingerprint density at radius 1 is 1.29 bits per heavy atom. The van der Waals surface area contributed by atoms with Crippen molar-refractivity contribution in [1.82, 2.24) is 24.6 Å². The van der Waals surface area contributed by atoms with Crippen molar-refractivity contribution in [3.05, 3.63) is 39.8 Å². The van der Waals surface area contributed by atoms with E-state index in [4.69, 9.17) is 37.1 Å². The van der Waals surface area contributed by atoms with Crippen molar-refractivity contribution in [1.29, 1.82) is 0 Å². The number of carbonyl (C=O) groups excluding carboxylic acids is 1. The Labute approximate surface area is 221 Å². The van der Waals surface area contributed by atoms with Crippen LogP contribution in [-0.2, 0) is 9.59 Å². The van der Waals surface area contributed by atoms with Crippen LogP contribution in [0.3, 0.4) is 0 Å². The summed E-state index contributed by atoms with van der Waals surface area (Å²) in [6, 6.07) is 1.73. The van der Waals surface area contributed by atoms with Crippen molar-refractivity contribution in [3.63, 3.8) is 0 Å². The van der Waals surface area contributed by atoms with Gasteiger partial charge in [-0.3, -0.25) is 4.79 Å². The van der Waals surface area contributed by atoms with Crippen molar-refractivity contribution < 1.29 is 32.6 Å². The van der Waals surface area contributed by atoms with Gasteiger partial charge in [0.25, 0.3) is 0 Å². The summed E-state index contributed by atoms with van der Waals surface area (Å²) < 4.78 is 39.5. The van der Waals surface area contributed by atoms with Crippen LogP contribution in [-0.4, -0.2) is 68.0 Å². The third-order valence-corrected chi connectivity index (χ3v) is 6.85. The third kappa shape index (κ3) is 5.47. The number of halogens is 4. The normalized spacial score (nSPS) is 14.5. The number of amides is 1. The minimum atomic E-state index is -5.08. The molecule has 3 aromatic rings. The van der Waals surface area contributed by atoms with Crippen molar-refractivity contribution in [3.8, 4) is 5.75 Å². The molecule has 38 heavy (non-hydrogen) atoms. The van der Waals surface area contributed by atoms with Gasteiger partial charge in [0.05, 0.1) is 24.2 Å². The lowest BCUT2D eigenvalue weighted by Crippen LogP contribution is -2.48. The highest BCUT2D eigenvalue weighted by molar-refractivity contribution is 6.31. The first kappa shape index (κ1) is 29.0. The number of methoxy groups -OCH3 is 1. The van der Waals surface area contributed by atoms with Crippen LogP contribution in [0, 0.1) is 13.8 Å². The highest BCUT2D eigenvalue weighted by Gasteiger charge is 2.38. The largest absolute Gasteiger partial charge is 0.496 e. The second kappa shape index (κ2) is 11.0. The molecule has 1 unspecified atom stereocenters. The number of benzene rings is 1. The predicted molar refractivity (Wildman–Crippen MR) is 134 cm³/mol. The minimum Gasteiger partial charge on any atom is -0.496 e. The molecule has 3 heterocycles. The number of rotatable bonds is 5. The summed E-state index contributed by atoms with van der Waals surface area (Å²) in [5.74, 6) is -1.21. The highest BCUT2D eigenvalue weighted by atomic mass is 35.5. The third-order valence-electron chi connectivity index (χ3n) is 6.45. The maximum Gasteiger partial charge on any atom is 0.490 e. The Hall–Kier alpha value is -3.61. The lowest BCUT2D eigenvalue weighted by molar-refractivity contribution is -0.192. The molecule has 1 amide bonds. The number of hydrogen-bond donors (Lipinski definition) is 2. The molecule has 1 aliphatic rings. The molecule has 206 valence electrons. The van der Waals surface area contributed by atoms with Gasteiger partial charge < -0.3 is 20.5 Å². The van der Waals surface area contributed by atoms with E-state index >= 15 is 0 Å². The number of nitrogens with two attached hydrogens (primary N) is 1. The number of carboxylic acid groups (broad SMARTS) is 1. The van der Waals surface area contributed by atoms with Crippen molar-refractivity contribution in [2.45, 2.75) is 52.3 Å². The van der Waals surface area contributed by atoms with Gasteiger partial charge in [0.15, 0.2) is 5.65 Å². The Morgan fingerprint density at radius 3 is 2.42 bits per heavy atom. The lowest BCUT2D eigenvalue weighted by Gasteiger charge is -2.41. The van der Waals surface area contributed by atoms with E-state index in [1.54, 1.807) is 7.11 Å². The zero-order valence-corrected chi connectivity index (χ0v) is 22.2. The molecule has 4 rings (SSSR count). The van der Waals surface area contributed by atoms with Gasteiger partial charge in [-0.25, -0.2) is 19.4 Å². The second-order valence-electron chi connectivity index (χ2n) is 8.84.